The summed E-state index contributed by atoms with van der Waals surface area (Å²) in [7, 11) is -3.52. The molecule has 2 aliphatic heterocycles. The second kappa shape index (κ2) is 9.35. The lowest BCUT2D eigenvalue weighted by Gasteiger charge is -2.26. The zero-order valence-electron chi connectivity index (χ0n) is 17.3. The Bertz CT molecular complexity index is 1130. The molecule has 0 radical (unpaired) electrons. The lowest BCUT2D eigenvalue weighted by molar-refractivity contribution is -0.126. The molecule has 0 aromatic heterocycles. The van der Waals surface area contributed by atoms with Crippen molar-refractivity contribution in [3.8, 4) is 0 Å². The number of nitrogens with zero attached hydrogens (tertiary/aromatic N) is 1. The van der Waals surface area contributed by atoms with E-state index in [1.807, 2.05) is 0 Å². The molecule has 1 unspecified atom stereocenters. The maximum atomic E-state index is 13.5. The van der Waals surface area contributed by atoms with E-state index in [2.05, 4.69) is 10.6 Å². The summed E-state index contributed by atoms with van der Waals surface area (Å²) in [6.07, 6.45) is -0.0441. The molecular weight excluding hydrogens is 437 g/mol. The van der Waals surface area contributed by atoms with Crippen LogP contribution < -0.4 is 10.6 Å². The summed E-state index contributed by atoms with van der Waals surface area (Å²) in [4.78, 5) is 24.9. The molecule has 8 nitrogen and oxygen atoms in total. The van der Waals surface area contributed by atoms with E-state index in [0.29, 0.717) is 48.7 Å². The van der Waals surface area contributed by atoms with Crippen LogP contribution in [-0.4, -0.2) is 50.8 Å². The van der Waals surface area contributed by atoms with Crippen LogP contribution in [0.5, 0.6) is 0 Å². The van der Waals surface area contributed by atoms with Gasteiger partial charge in [0, 0.05) is 31.7 Å². The molecule has 2 amide bonds. The number of hydrogen-bond donors (Lipinski definition) is 2. The third-order valence-corrected chi connectivity index (χ3v) is 7.47. The van der Waals surface area contributed by atoms with E-state index in [9.17, 15) is 22.4 Å². The van der Waals surface area contributed by atoms with E-state index < -0.39 is 21.8 Å². The van der Waals surface area contributed by atoms with Gasteiger partial charge in [0.1, 0.15) is 5.82 Å². The van der Waals surface area contributed by atoms with Crippen molar-refractivity contribution in [2.75, 3.05) is 31.6 Å². The summed E-state index contributed by atoms with van der Waals surface area (Å²) < 4.78 is 45.8. The zero-order chi connectivity index (χ0) is 22.7. The van der Waals surface area contributed by atoms with Gasteiger partial charge < -0.3 is 15.4 Å². The number of nitrogens with one attached hydrogen (secondary N) is 2. The molecule has 1 fully saturated rings. The minimum atomic E-state index is -3.52. The van der Waals surface area contributed by atoms with Crippen molar-refractivity contribution in [2.45, 2.75) is 24.6 Å². The average Bonchev–Trinajstić information content (AvgIpc) is 2.78. The Labute approximate surface area is 185 Å². The molecule has 10 heteroatoms. The van der Waals surface area contributed by atoms with E-state index in [4.69, 9.17) is 4.74 Å². The predicted molar refractivity (Wildman–Crippen MR) is 116 cm³/mol. The van der Waals surface area contributed by atoms with Gasteiger partial charge in [0.05, 0.1) is 24.9 Å². The Hall–Kier alpha value is -2.82. The van der Waals surface area contributed by atoms with Crippen LogP contribution in [0.1, 0.15) is 29.0 Å². The molecular formula is C22H24FN3O5S. The highest BCUT2D eigenvalue weighted by molar-refractivity contribution is 7.88. The smallest absolute Gasteiger partial charge is 0.228 e. The molecule has 2 aromatic carbocycles. The maximum Gasteiger partial charge on any atom is 0.228 e. The van der Waals surface area contributed by atoms with Crippen molar-refractivity contribution in [2.24, 2.45) is 0 Å². The van der Waals surface area contributed by atoms with Crippen LogP contribution in [0.2, 0.25) is 0 Å². The fraction of sp³-hybridized carbons (Fsp3) is 0.364. The summed E-state index contributed by atoms with van der Waals surface area (Å²) in [6.45, 7) is 1.51. The predicted octanol–water partition coefficient (Wildman–Crippen LogP) is 1.73. The van der Waals surface area contributed by atoms with E-state index in [-0.39, 0.29) is 30.5 Å². The molecule has 0 saturated carbocycles. The van der Waals surface area contributed by atoms with Crippen molar-refractivity contribution in [3.63, 3.8) is 0 Å². The van der Waals surface area contributed by atoms with Crippen molar-refractivity contribution < 1.29 is 27.1 Å². The fourth-order valence-corrected chi connectivity index (χ4v) is 5.52. The molecule has 1 atom stereocenters. The Morgan fingerprint density at radius 1 is 1.16 bits per heavy atom. The Morgan fingerprint density at radius 3 is 2.62 bits per heavy atom. The van der Waals surface area contributed by atoms with Gasteiger partial charge in [-0.15, -0.1) is 0 Å². The lowest BCUT2D eigenvalue weighted by Crippen LogP contribution is -2.41. The number of carbonyl (C=O) groups is 2. The molecule has 2 aromatic rings. The lowest BCUT2D eigenvalue weighted by atomic mass is 9.89. The molecule has 1 saturated heterocycles. The molecule has 0 bridgehead atoms. The standard InChI is InChI=1S/C22H24FN3O5S/c23-17-5-6-18-19(12-21(27)25-20(18)11-17)22(28)24-13-15-3-1-2-4-16(15)14-32(29,30)26-7-9-31-10-8-26/h1-6,11,19H,7-10,12-14H2,(H,24,28)(H,25,27). The second-order valence-corrected chi connectivity index (χ2v) is 9.76. The first-order valence-electron chi connectivity index (χ1n) is 10.3. The van der Waals surface area contributed by atoms with Gasteiger partial charge in [0.25, 0.3) is 0 Å². The van der Waals surface area contributed by atoms with E-state index in [1.165, 1.54) is 22.5 Å². The van der Waals surface area contributed by atoms with Crippen LogP contribution >= 0.6 is 0 Å². The van der Waals surface area contributed by atoms with Gasteiger partial charge in [-0.3, -0.25) is 9.59 Å². The molecule has 32 heavy (non-hydrogen) atoms. The van der Waals surface area contributed by atoms with Gasteiger partial charge in [-0.1, -0.05) is 30.3 Å². The van der Waals surface area contributed by atoms with Crippen LogP contribution in [-0.2, 0) is 36.6 Å². The summed E-state index contributed by atoms with van der Waals surface area (Å²) in [5.74, 6) is -2.16. The molecule has 2 N–H and O–H groups in total. The van der Waals surface area contributed by atoms with Crippen LogP contribution in [0.15, 0.2) is 42.5 Å². The summed E-state index contributed by atoms with van der Waals surface area (Å²) in [5.41, 5.74) is 2.12. The second-order valence-electron chi connectivity index (χ2n) is 7.79. The summed E-state index contributed by atoms with van der Waals surface area (Å²) in [5, 5.41) is 5.40. The van der Waals surface area contributed by atoms with Gasteiger partial charge >= 0.3 is 0 Å². The van der Waals surface area contributed by atoms with Gasteiger partial charge in [-0.05, 0) is 28.8 Å². The van der Waals surface area contributed by atoms with E-state index in [1.54, 1.807) is 24.3 Å². The molecule has 170 valence electrons. The number of benzene rings is 2. The normalized spacial score (nSPS) is 19.2. The highest BCUT2D eigenvalue weighted by Gasteiger charge is 2.31. The SMILES string of the molecule is O=C1CC(C(=O)NCc2ccccc2CS(=O)(=O)N2CCOCC2)c2ccc(F)cc2N1. The molecule has 0 spiro atoms. The maximum absolute atomic E-state index is 13.5. The largest absolute Gasteiger partial charge is 0.379 e. The molecule has 4 rings (SSSR count). The number of rotatable bonds is 6. The van der Waals surface area contributed by atoms with Crippen LogP contribution in [0.3, 0.4) is 0 Å². The highest BCUT2D eigenvalue weighted by Crippen LogP contribution is 2.33. The Balaban J connectivity index is 1.47. The number of hydrogen-bond acceptors (Lipinski definition) is 5. The number of ether oxygens (including phenoxy) is 1. The topological polar surface area (TPSA) is 105 Å². The molecule has 2 heterocycles. The Morgan fingerprint density at radius 2 is 1.88 bits per heavy atom. The van der Waals surface area contributed by atoms with Crippen molar-refractivity contribution >= 4 is 27.5 Å². The molecule has 2 aliphatic rings. The van der Waals surface area contributed by atoms with E-state index in [0.717, 1.165) is 0 Å². The van der Waals surface area contributed by atoms with E-state index >= 15 is 0 Å². The highest BCUT2D eigenvalue weighted by atomic mass is 32.2. The first-order valence-corrected chi connectivity index (χ1v) is 11.9. The van der Waals surface area contributed by atoms with Crippen molar-refractivity contribution in [1.82, 2.24) is 9.62 Å². The van der Waals surface area contributed by atoms with Gasteiger partial charge in [-0.2, -0.15) is 4.31 Å². The number of morpholine rings is 1. The van der Waals surface area contributed by atoms with Crippen molar-refractivity contribution in [1.29, 1.82) is 0 Å². The average molecular weight is 462 g/mol. The number of sulfonamides is 1. The third-order valence-electron chi connectivity index (χ3n) is 5.64. The first kappa shape index (κ1) is 22.4. The monoisotopic (exact) mass is 461 g/mol. The van der Waals surface area contributed by atoms with Crippen LogP contribution in [0.4, 0.5) is 10.1 Å². The number of amides is 2. The van der Waals surface area contributed by atoms with Gasteiger partial charge in [0.15, 0.2) is 0 Å². The summed E-state index contributed by atoms with van der Waals surface area (Å²) in [6, 6.07) is 11.0. The minimum Gasteiger partial charge on any atom is -0.379 e. The third kappa shape index (κ3) is 4.98. The Kier molecular flexibility index (Phi) is 6.54. The number of anilines is 1. The first-order chi connectivity index (χ1) is 15.3. The fourth-order valence-electron chi connectivity index (χ4n) is 3.96. The zero-order valence-corrected chi connectivity index (χ0v) is 18.2. The number of fused-ring (bicyclic) bond motifs is 1. The molecule has 0 aliphatic carbocycles. The van der Waals surface area contributed by atoms with Crippen LogP contribution in [0.25, 0.3) is 0 Å². The van der Waals surface area contributed by atoms with Gasteiger partial charge in [-0.25, -0.2) is 12.8 Å². The van der Waals surface area contributed by atoms with Gasteiger partial charge in [0.2, 0.25) is 21.8 Å². The van der Waals surface area contributed by atoms with Crippen LogP contribution in [0, 0.1) is 5.82 Å². The number of carbonyl (C=O) groups excluding carboxylic acids is 2. The summed E-state index contributed by atoms with van der Waals surface area (Å²) >= 11 is 0. The number of halogens is 1. The van der Waals surface area contributed by atoms with Crippen molar-refractivity contribution in [3.05, 3.63) is 65.0 Å². The minimum absolute atomic E-state index is 0.0441. The quantitative estimate of drug-likeness (QED) is 0.682.